The molecule has 2 fully saturated rings. The van der Waals surface area contributed by atoms with Crippen molar-refractivity contribution in [2.45, 2.75) is 36.3 Å². The van der Waals surface area contributed by atoms with Crippen molar-refractivity contribution in [1.29, 1.82) is 0 Å². The molecule has 3 amide bonds. The van der Waals surface area contributed by atoms with E-state index in [2.05, 4.69) is 10.3 Å². The van der Waals surface area contributed by atoms with E-state index in [1.807, 2.05) is 89.8 Å². The molecule has 1 spiro atoms. The van der Waals surface area contributed by atoms with E-state index in [0.29, 0.717) is 33.5 Å². The van der Waals surface area contributed by atoms with Gasteiger partial charge < -0.3 is 24.6 Å². The number of thiazole rings is 1. The van der Waals surface area contributed by atoms with Gasteiger partial charge in [-0.3, -0.25) is 29.4 Å². The van der Waals surface area contributed by atoms with Gasteiger partial charge in [-0.15, -0.1) is 0 Å². The summed E-state index contributed by atoms with van der Waals surface area (Å²) in [5.41, 5.74) is 1.25. The van der Waals surface area contributed by atoms with Gasteiger partial charge in [0.05, 0.1) is 45.4 Å². The summed E-state index contributed by atoms with van der Waals surface area (Å²) in [6.45, 7) is -0.540. The number of nitro benzene ring substituents is 1. The Bertz CT molecular complexity index is 2960. The number of non-ortho nitro benzene ring substituents is 1. The maximum absolute atomic E-state index is 16.2. The number of anilines is 2. The van der Waals surface area contributed by atoms with Crippen LogP contribution in [0.5, 0.6) is 5.75 Å². The molecule has 1 aromatic heterocycles. The molecule has 330 valence electrons. The fourth-order valence-electron chi connectivity index (χ4n) is 9.79. The topological polar surface area (TPSA) is 191 Å². The lowest BCUT2D eigenvalue weighted by Crippen LogP contribution is -2.54. The van der Waals surface area contributed by atoms with Gasteiger partial charge in [-0.2, -0.15) is 0 Å². The zero-order valence-electron chi connectivity index (χ0n) is 34.8. The number of nitrogens with one attached hydrogen (secondary N) is 1. The summed E-state index contributed by atoms with van der Waals surface area (Å²) in [6.07, 6.45) is -1.99. The van der Waals surface area contributed by atoms with Crippen LogP contribution in [0.4, 0.5) is 21.3 Å². The molecule has 2 N–H and O–H groups in total. The lowest BCUT2D eigenvalue weighted by atomic mass is 9.65. The van der Waals surface area contributed by atoms with Crippen LogP contribution >= 0.6 is 11.3 Å². The summed E-state index contributed by atoms with van der Waals surface area (Å²) in [6, 6.07) is 41.7. The van der Waals surface area contributed by atoms with Crippen LogP contribution < -0.4 is 15.0 Å². The van der Waals surface area contributed by atoms with Gasteiger partial charge in [0.1, 0.15) is 36.5 Å². The smallest absolute Gasteiger partial charge is 0.421 e. The maximum atomic E-state index is 16.2. The molecule has 3 aliphatic rings. The third-order valence-electron chi connectivity index (χ3n) is 12.4. The number of amides is 3. The number of esters is 1. The number of para-hydroxylation sites is 2. The predicted molar refractivity (Wildman–Crippen MR) is 242 cm³/mol. The van der Waals surface area contributed by atoms with E-state index >= 15 is 14.4 Å². The number of nitro groups is 1. The van der Waals surface area contributed by atoms with E-state index in [1.165, 1.54) is 35.6 Å². The van der Waals surface area contributed by atoms with Crippen LogP contribution in [0.1, 0.15) is 46.0 Å². The van der Waals surface area contributed by atoms with Crippen molar-refractivity contribution in [1.82, 2.24) is 9.88 Å². The van der Waals surface area contributed by atoms with Gasteiger partial charge in [0.25, 0.3) is 5.69 Å². The molecule has 4 heterocycles. The molecule has 66 heavy (non-hydrogen) atoms. The second-order valence-electron chi connectivity index (χ2n) is 16.0. The fourth-order valence-corrected chi connectivity index (χ4v) is 10.7. The summed E-state index contributed by atoms with van der Waals surface area (Å²) in [7, 11) is 0. The van der Waals surface area contributed by atoms with E-state index in [4.69, 9.17) is 14.2 Å². The highest BCUT2D eigenvalue weighted by Crippen LogP contribution is 2.66. The standard InChI is InChI=1S/C50H39N5O10S/c56-27-28-63-35-25-21-33(22-26-35)44-50(36-15-7-9-17-38(36)53(47(50)59)49(60)64-29-30-19-23-34(24-20-30)55(61)62)40(45(57)52-48-51-37-16-8-10-18-39(37)66-48)42-46(58)65-43(32-13-5-2-6-14-32)41(54(42)44)31-11-3-1-4-12-31/h1-26,40-44,56H,27-29H2,(H,51,52,57)/t40-,41-,42-,43+,44+,50-/m1/s1. The minimum atomic E-state index is -2.03. The van der Waals surface area contributed by atoms with Crippen LogP contribution in [0.25, 0.3) is 10.2 Å². The van der Waals surface area contributed by atoms with E-state index < -0.39 is 64.4 Å². The number of morpholine rings is 1. The Morgan fingerprint density at radius 3 is 2.17 bits per heavy atom. The number of ether oxygens (including phenoxy) is 3. The van der Waals surface area contributed by atoms with Crippen LogP contribution in [0.2, 0.25) is 0 Å². The number of carbonyl (C=O) groups excluding carboxylic acids is 4. The normalized spacial score (nSPS) is 22.1. The first-order valence-corrected chi connectivity index (χ1v) is 21.9. The molecule has 0 bridgehead atoms. The van der Waals surface area contributed by atoms with E-state index in [-0.39, 0.29) is 36.3 Å². The maximum Gasteiger partial charge on any atom is 0.421 e. The van der Waals surface area contributed by atoms with Crippen molar-refractivity contribution in [3.8, 4) is 5.75 Å². The number of nitrogens with zero attached hydrogens (tertiary/aromatic N) is 4. The Morgan fingerprint density at radius 2 is 1.47 bits per heavy atom. The molecule has 16 heteroatoms. The Labute approximate surface area is 380 Å². The highest BCUT2D eigenvalue weighted by molar-refractivity contribution is 7.22. The first-order chi connectivity index (χ1) is 32.2. The second kappa shape index (κ2) is 17.3. The first-order valence-electron chi connectivity index (χ1n) is 21.1. The quantitative estimate of drug-likeness (QED) is 0.0720. The molecule has 0 saturated carbocycles. The van der Waals surface area contributed by atoms with Crippen molar-refractivity contribution >= 4 is 61.9 Å². The Hall–Kier alpha value is -7.79. The average Bonchev–Trinajstić information content (AvgIpc) is 3.99. The largest absolute Gasteiger partial charge is 0.491 e. The lowest BCUT2D eigenvalue weighted by molar-refractivity contribution is -0.384. The SMILES string of the molecule is O=C1O[C@@H](c2ccccc2)[C@@H](c2ccccc2)N2[C@@H](c3ccc(OCCO)cc3)[C@]3(C(=O)N(C(=O)OCc4ccc([N+](=O)[O-])cc4)c4ccccc43)[C@@H](C(=O)Nc3nc4ccccc4s3)[C@H]12. The van der Waals surface area contributed by atoms with E-state index in [0.717, 1.165) is 15.2 Å². The lowest BCUT2D eigenvalue weighted by Gasteiger charge is -2.46. The Kier molecular flexibility index (Phi) is 11.1. The number of hydrogen-bond donors (Lipinski definition) is 2. The molecule has 6 atom stereocenters. The van der Waals surface area contributed by atoms with Gasteiger partial charge in [-0.05, 0) is 70.3 Å². The van der Waals surface area contributed by atoms with Crippen LogP contribution in [0.3, 0.4) is 0 Å². The van der Waals surface area contributed by atoms with Gasteiger partial charge in [-0.1, -0.05) is 114 Å². The number of cyclic esters (lactones) is 1. The van der Waals surface area contributed by atoms with Crippen molar-refractivity contribution < 1.29 is 43.4 Å². The predicted octanol–water partition coefficient (Wildman–Crippen LogP) is 8.22. The number of carbonyl (C=O) groups is 4. The van der Waals surface area contributed by atoms with Crippen LogP contribution in [-0.2, 0) is 35.9 Å². The third kappa shape index (κ3) is 7.11. The molecule has 0 radical (unpaired) electrons. The molecule has 2 saturated heterocycles. The highest BCUT2D eigenvalue weighted by Gasteiger charge is 2.75. The van der Waals surface area contributed by atoms with Gasteiger partial charge in [0.2, 0.25) is 11.8 Å². The summed E-state index contributed by atoms with van der Waals surface area (Å²) >= 11 is 1.23. The number of aromatic nitrogens is 1. The van der Waals surface area contributed by atoms with Gasteiger partial charge in [0.15, 0.2) is 5.13 Å². The van der Waals surface area contributed by atoms with Gasteiger partial charge in [-0.25, -0.2) is 14.7 Å². The minimum absolute atomic E-state index is 0.0262. The summed E-state index contributed by atoms with van der Waals surface area (Å²) < 4.78 is 18.9. The molecular formula is C50H39N5O10S. The summed E-state index contributed by atoms with van der Waals surface area (Å²) in [5, 5.41) is 24.1. The first kappa shape index (κ1) is 42.2. The minimum Gasteiger partial charge on any atom is -0.491 e. The number of rotatable bonds is 11. The third-order valence-corrected chi connectivity index (χ3v) is 13.4. The fraction of sp³-hybridized carbons (Fsp3) is 0.180. The number of imide groups is 1. The number of aliphatic hydroxyl groups excluding tert-OH is 1. The molecule has 6 aromatic carbocycles. The number of aliphatic hydroxyl groups is 1. The van der Waals surface area contributed by atoms with Crippen molar-refractivity contribution in [3.63, 3.8) is 0 Å². The van der Waals surface area contributed by atoms with Crippen LogP contribution in [-0.4, -0.2) is 63.0 Å². The van der Waals surface area contributed by atoms with Crippen molar-refractivity contribution in [3.05, 3.63) is 196 Å². The molecular weight excluding hydrogens is 863 g/mol. The van der Waals surface area contributed by atoms with Crippen molar-refractivity contribution in [2.75, 3.05) is 23.4 Å². The van der Waals surface area contributed by atoms with Crippen LogP contribution in [0, 0.1) is 16.0 Å². The Morgan fingerprint density at radius 1 is 0.803 bits per heavy atom. The average molecular weight is 902 g/mol. The molecule has 15 nitrogen and oxygen atoms in total. The monoisotopic (exact) mass is 901 g/mol. The number of hydrogen-bond acceptors (Lipinski definition) is 13. The zero-order chi connectivity index (χ0) is 45.5. The van der Waals surface area contributed by atoms with Crippen molar-refractivity contribution in [2.24, 2.45) is 5.92 Å². The van der Waals surface area contributed by atoms with Gasteiger partial charge >= 0.3 is 12.1 Å². The number of fused-ring (bicyclic) bond motifs is 4. The second-order valence-corrected chi connectivity index (χ2v) is 17.0. The van der Waals surface area contributed by atoms with Gasteiger partial charge in [0, 0.05) is 12.1 Å². The Balaban J connectivity index is 1.19. The highest BCUT2D eigenvalue weighted by atomic mass is 32.1. The van der Waals surface area contributed by atoms with Crippen LogP contribution in [0.15, 0.2) is 158 Å². The summed E-state index contributed by atoms with van der Waals surface area (Å²) in [4.78, 5) is 80.0. The zero-order valence-corrected chi connectivity index (χ0v) is 35.7. The molecule has 0 unspecified atom stereocenters. The molecule has 10 rings (SSSR count). The van der Waals surface area contributed by atoms with E-state index in [1.54, 1.807) is 48.5 Å². The molecule has 3 aliphatic heterocycles. The molecule has 7 aromatic rings. The summed E-state index contributed by atoms with van der Waals surface area (Å²) in [5.74, 6) is -3.42. The molecule has 0 aliphatic carbocycles. The van der Waals surface area contributed by atoms with E-state index in [9.17, 15) is 20.0 Å². The number of benzene rings is 6.